The molecule has 2 fully saturated rings. The summed E-state index contributed by atoms with van der Waals surface area (Å²) in [4.78, 5) is 11.1. The van der Waals surface area contributed by atoms with Gasteiger partial charge >= 0.3 is 5.97 Å². The lowest BCUT2D eigenvalue weighted by atomic mass is 9.78. The second kappa shape index (κ2) is 4.28. The lowest BCUT2D eigenvalue weighted by Crippen LogP contribution is -2.48. The number of rotatable bonds is 1. The van der Waals surface area contributed by atoms with Gasteiger partial charge in [0.1, 0.15) is 0 Å². The van der Waals surface area contributed by atoms with Gasteiger partial charge < -0.3 is 15.2 Å². The van der Waals surface area contributed by atoms with E-state index in [1.807, 2.05) is 0 Å². The highest BCUT2D eigenvalue weighted by atomic mass is 16.5. The first-order valence-corrected chi connectivity index (χ1v) is 5.33. The molecule has 0 aromatic carbocycles. The third-order valence-electron chi connectivity index (χ3n) is 3.38. The number of fused-ring (bicyclic) bond motifs is 1. The molecule has 2 rings (SSSR count). The normalized spacial score (nSPS) is 38.4. The Kier molecular flexibility index (Phi) is 3.03. The number of carbonyl (C=O) groups is 1. The minimum absolute atomic E-state index is 0.164. The van der Waals surface area contributed by atoms with Crippen molar-refractivity contribution in [3.8, 4) is 0 Å². The Morgan fingerprint density at radius 3 is 2.86 bits per heavy atom. The van der Waals surface area contributed by atoms with Crippen LogP contribution in [0.4, 0.5) is 0 Å². The summed E-state index contributed by atoms with van der Waals surface area (Å²) in [6, 6.07) is 0.354. The highest BCUT2D eigenvalue weighted by molar-refractivity contribution is 5.70. The van der Waals surface area contributed by atoms with Crippen LogP contribution in [0.3, 0.4) is 0 Å². The number of carboxylic acids is 1. The lowest BCUT2D eigenvalue weighted by molar-refractivity contribution is -0.145. The second-order valence-corrected chi connectivity index (χ2v) is 4.15. The summed E-state index contributed by atoms with van der Waals surface area (Å²) < 4.78 is 5.38. The van der Waals surface area contributed by atoms with E-state index in [0.717, 1.165) is 32.4 Å². The van der Waals surface area contributed by atoms with Crippen molar-refractivity contribution in [3.05, 3.63) is 0 Å². The van der Waals surface area contributed by atoms with Gasteiger partial charge in [0.2, 0.25) is 0 Å². The van der Waals surface area contributed by atoms with Crippen LogP contribution in [0.2, 0.25) is 0 Å². The van der Waals surface area contributed by atoms with E-state index in [2.05, 4.69) is 5.32 Å². The van der Waals surface area contributed by atoms with Crippen LogP contribution in [0, 0.1) is 11.8 Å². The summed E-state index contributed by atoms with van der Waals surface area (Å²) in [5, 5.41) is 12.5. The Bertz CT molecular complexity index is 219. The van der Waals surface area contributed by atoms with Crippen LogP contribution < -0.4 is 5.32 Å². The number of carboxylic acid groups (broad SMARTS) is 1. The zero-order chi connectivity index (χ0) is 9.97. The van der Waals surface area contributed by atoms with Gasteiger partial charge in [-0.15, -0.1) is 0 Å². The molecule has 0 radical (unpaired) electrons. The molecule has 0 saturated carbocycles. The van der Waals surface area contributed by atoms with Gasteiger partial charge in [-0.2, -0.15) is 0 Å². The minimum atomic E-state index is -0.636. The van der Waals surface area contributed by atoms with Crippen molar-refractivity contribution in [2.75, 3.05) is 19.8 Å². The summed E-state index contributed by atoms with van der Waals surface area (Å²) in [5.41, 5.74) is 0. The molecule has 2 aliphatic rings. The summed E-state index contributed by atoms with van der Waals surface area (Å²) in [6.07, 6.45) is 2.60. The molecule has 0 bridgehead atoms. The van der Waals surface area contributed by atoms with Crippen molar-refractivity contribution in [3.63, 3.8) is 0 Å². The maximum atomic E-state index is 11.1. The highest BCUT2D eigenvalue weighted by Gasteiger charge is 2.37. The molecular formula is C10H17NO3. The highest BCUT2D eigenvalue weighted by Crippen LogP contribution is 2.30. The molecule has 2 saturated heterocycles. The van der Waals surface area contributed by atoms with Crippen LogP contribution in [-0.2, 0) is 9.53 Å². The van der Waals surface area contributed by atoms with Gasteiger partial charge in [-0.05, 0) is 31.7 Å². The van der Waals surface area contributed by atoms with Crippen molar-refractivity contribution in [2.45, 2.75) is 25.3 Å². The van der Waals surface area contributed by atoms with Crippen molar-refractivity contribution in [1.29, 1.82) is 0 Å². The van der Waals surface area contributed by atoms with E-state index in [1.54, 1.807) is 0 Å². The van der Waals surface area contributed by atoms with E-state index < -0.39 is 5.97 Å². The van der Waals surface area contributed by atoms with E-state index in [4.69, 9.17) is 9.84 Å². The van der Waals surface area contributed by atoms with E-state index in [9.17, 15) is 4.79 Å². The number of hydrogen-bond donors (Lipinski definition) is 2. The molecule has 2 aliphatic heterocycles. The topological polar surface area (TPSA) is 58.6 Å². The molecule has 2 heterocycles. The fourth-order valence-electron chi connectivity index (χ4n) is 2.63. The average molecular weight is 199 g/mol. The predicted octanol–water partition coefficient (Wildman–Crippen LogP) is 0.476. The van der Waals surface area contributed by atoms with Gasteiger partial charge in [-0.3, -0.25) is 4.79 Å². The quantitative estimate of drug-likeness (QED) is 0.644. The first-order valence-electron chi connectivity index (χ1n) is 5.33. The van der Waals surface area contributed by atoms with Gasteiger partial charge in [-0.25, -0.2) is 0 Å². The lowest BCUT2D eigenvalue weighted by Gasteiger charge is -2.35. The average Bonchev–Trinajstić information content (AvgIpc) is 2.41. The summed E-state index contributed by atoms with van der Waals surface area (Å²) in [7, 11) is 0. The number of piperidine rings is 1. The zero-order valence-corrected chi connectivity index (χ0v) is 8.24. The van der Waals surface area contributed by atoms with Crippen LogP contribution in [0.5, 0.6) is 0 Å². The maximum Gasteiger partial charge on any atom is 0.306 e. The molecule has 4 heteroatoms. The van der Waals surface area contributed by atoms with Crippen LogP contribution in [0.15, 0.2) is 0 Å². The monoisotopic (exact) mass is 199 g/mol. The summed E-state index contributed by atoms with van der Waals surface area (Å²) in [5.74, 6) is -0.532. The first kappa shape index (κ1) is 9.93. The van der Waals surface area contributed by atoms with Gasteiger partial charge in [-0.1, -0.05) is 0 Å². The summed E-state index contributed by atoms with van der Waals surface area (Å²) in [6.45, 7) is 2.31. The van der Waals surface area contributed by atoms with Crippen LogP contribution in [0.1, 0.15) is 19.3 Å². The van der Waals surface area contributed by atoms with Crippen LogP contribution in [0.25, 0.3) is 0 Å². The Balaban J connectivity index is 2.08. The molecule has 80 valence electrons. The molecule has 14 heavy (non-hydrogen) atoms. The number of ether oxygens (including phenoxy) is 1. The Labute approximate surface area is 83.6 Å². The van der Waals surface area contributed by atoms with Crippen LogP contribution in [-0.4, -0.2) is 36.9 Å². The second-order valence-electron chi connectivity index (χ2n) is 4.15. The van der Waals surface area contributed by atoms with Gasteiger partial charge in [0.15, 0.2) is 0 Å². The first-order chi connectivity index (χ1) is 6.79. The van der Waals surface area contributed by atoms with E-state index in [-0.39, 0.29) is 11.8 Å². The Hall–Kier alpha value is -0.610. The largest absolute Gasteiger partial charge is 0.481 e. The number of aliphatic carboxylic acids is 1. The molecule has 4 nitrogen and oxygen atoms in total. The molecule has 3 unspecified atom stereocenters. The fraction of sp³-hybridized carbons (Fsp3) is 0.900. The number of hydrogen-bond acceptors (Lipinski definition) is 3. The SMILES string of the molecule is O=C(O)C1CCNC2CCOCCC21. The summed E-state index contributed by atoms with van der Waals surface area (Å²) >= 11 is 0. The van der Waals surface area contributed by atoms with Crippen molar-refractivity contribution in [1.82, 2.24) is 5.32 Å². The predicted molar refractivity (Wildman–Crippen MR) is 51.1 cm³/mol. The van der Waals surface area contributed by atoms with Gasteiger partial charge in [0.25, 0.3) is 0 Å². The van der Waals surface area contributed by atoms with Crippen LogP contribution >= 0.6 is 0 Å². The fourth-order valence-corrected chi connectivity index (χ4v) is 2.63. The third-order valence-corrected chi connectivity index (χ3v) is 3.38. The molecule has 2 N–H and O–H groups in total. The Morgan fingerprint density at radius 2 is 2.07 bits per heavy atom. The molecule has 3 atom stereocenters. The van der Waals surface area contributed by atoms with E-state index >= 15 is 0 Å². The van der Waals surface area contributed by atoms with Gasteiger partial charge in [0.05, 0.1) is 5.92 Å². The van der Waals surface area contributed by atoms with Crippen molar-refractivity contribution in [2.24, 2.45) is 11.8 Å². The van der Waals surface area contributed by atoms with E-state index in [1.165, 1.54) is 0 Å². The molecule has 0 amide bonds. The van der Waals surface area contributed by atoms with Crippen molar-refractivity contribution < 1.29 is 14.6 Å². The number of nitrogens with one attached hydrogen (secondary N) is 1. The molecular weight excluding hydrogens is 182 g/mol. The molecule has 0 aliphatic carbocycles. The molecule has 0 aromatic rings. The van der Waals surface area contributed by atoms with E-state index in [0.29, 0.717) is 12.6 Å². The standard InChI is InChI=1S/C10H17NO3/c12-10(13)8-1-4-11-9-3-6-14-5-2-7(8)9/h7-9,11H,1-6H2,(H,12,13). The van der Waals surface area contributed by atoms with Gasteiger partial charge in [0, 0.05) is 19.3 Å². The maximum absolute atomic E-state index is 11.1. The molecule has 0 aromatic heterocycles. The molecule has 0 spiro atoms. The van der Waals surface area contributed by atoms with Crippen molar-refractivity contribution >= 4 is 5.97 Å². The smallest absolute Gasteiger partial charge is 0.306 e. The zero-order valence-electron chi connectivity index (χ0n) is 8.24. The third kappa shape index (κ3) is 1.91. The minimum Gasteiger partial charge on any atom is -0.481 e. The Morgan fingerprint density at radius 1 is 1.29 bits per heavy atom.